The largest absolute Gasteiger partial charge is 0.481 e. The lowest BCUT2D eigenvalue weighted by Crippen LogP contribution is -2.26. The van der Waals surface area contributed by atoms with Gasteiger partial charge in [0.25, 0.3) is 5.91 Å². The van der Waals surface area contributed by atoms with Crippen LogP contribution in [0.25, 0.3) is 0 Å². The number of aliphatic carboxylic acids is 1. The first-order valence-corrected chi connectivity index (χ1v) is 9.03. The third-order valence-corrected chi connectivity index (χ3v) is 4.72. The maximum atomic E-state index is 12.7. The Morgan fingerprint density at radius 3 is 2.52 bits per heavy atom. The summed E-state index contributed by atoms with van der Waals surface area (Å²) in [4.78, 5) is 35.1. The maximum Gasteiger partial charge on any atom is 0.305 e. The lowest BCUT2D eigenvalue weighted by atomic mass is 9.82. The first-order valence-electron chi connectivity index (χ1n) is 9.03. The summed E-state index contributed by atoms with van der Waals surface area (Å²) >= 11 is 0. The molecular formula is C21H22N2O4. The summed E-state index contributed by atoms with van der Waals surface area (Å²) in [6.07, 6.45) is 2.70. The van der Waals surface area contributed by atoms with Crippen LogP contribution in [0, 0.1) is 0 Å². The van der Waals surface area contributed by atoms with Crippen LogP contribution in [0.1, 0.15) is 46.7 Å². The van der Waals surface area contributed by atoms with Crippen LogP contribution in [-0.2, 0) is 16.0 Å². The van der Waals surface area contributed by atoms with Crippen molar-refractivity contribution in [2.45, 2.75) is 31.6 Å². The summed E-state index contributed by atoms with van der Waals surface area (Å²) in [6.45, 7) is 0.0771. The monoisotopic (exact) mass is 366 g/mol. The van der Waals surface area contributed by atoms with Crippen LogP contribution in [0.3, 0.4) is 0 Å². The van der Waals surface area contributed by atoms with Gasteiger partial charge in [-0.2, -0.15) is 0 Å². The topological polar surface area (TPSA) is 95.5 Å². The van der Waals surface area contributed by atoms with Crippen molar-refractivity contribution in [3.05, 3.63) is 65.2 Å². The van der Waals surface area contributed by atoms with Gasteiger partial charge in [0.1, 0.15) is 0 Å². The van der Waals surface area contributed by atoms with Gasteiger partial charge in [0.2, 0.25) is 5.91 Å². The summed E-state index contributed by atoms with van der Waals surface area (Å²) in [5.74, 6) is -1.50. The van der Waals surface area contributed by atoms with Crippen LogP contribution in [0.5, 0.6) is 0 Å². The van der Waals surface area contributed by atoms with E-state index in [0.29, 0.717) is 11.3 Å². The molecule has 0 saturated heterocycles. The Balaban J connectivity index is 1.61. The molecule has 2 aromatic rings. The molecule has 0 fully saturated rings. The minimum atomic E-state index is -0.961. The molecule has 6 nitrogen and oxygen atoms in total. The van der Waals surface area contributed by atoms with E-state index in [9.17, 15) is 14.4 Å². The average molecular weight is 366 g/mol. The number of carbonyl (C=O) groups excluding carboxylic acids is 2. The minimum absolute atomic E-state index is 0.0409. The van der Waals surface area contributed by atoms with E-state index in [2.05, 4.69) is 16.7 Å². The molecule has 6 heteroatoms. The Bertz CT molecular complexity index is 846. The van der Waals surface area contributed by atoms with Gasteiger partial charge in [-0.3, -0.25) is 14.4 Å². The van der Waals surface area contributed by atoms with E-state index in [0.717, 1.165) is 24.8 Å². The van der Waals surface area contributed by atoms with Crippen LogP contribution in [0.15, 0.2) is 48.5 Å². The molecule has 1 atom stereocenters. The molecule has 27 heavy (non-hydrogen) atoms. The highest BCUT2D eigenvalue weighted by molar-refractivity contribution is 5.98. The van der Waals surface area contributed by atoms with Gasteiger partial charge in [-0.1, -0.05) is 24.3 Å². The number of fused-ring (bicyclic) bond motifs is 1. The lowest BCUT2D eigenvalue weighted by Gasteiger charge is -2.24. The first-order chi connectivity index (χ1) is 13.0. The van der Waals surface area contributed by atoms with Crippen LogP contribution in [0.4, 0.5) is 5.69 Å². The fraction of sp³-hybridized carbons (Fsp3) is 0.286. The second kappa shape index (κ2) is 8.49. The van der Waals surface area contributed by atoms with Crippen LogP contribution in [-0.4, -0.2) is 29.4 Å². The number of hydrogen-bond acceptors (Lipinski definition) is 3. The molecule has 1 aliphatic carbocycles. The van der Waals surface area contributed by atoms with Crippen molar-refractivity contribution >= 4 is 23.5 Å². The number of nitrogens with one attached hydrogen (secondary N) is 2. The number of rotatable bonds is 6. The lowest BCUT2D eigenvalue weighted by molar-refractivity contribution is -0.136. The smallest absolute Gasteiger partial charge is 0.305 e. The fourth-order valence-corrected chi connectivity index (χ4v) is 3.35. The van der Waals surface area contributed by atoms with Crippen molar-refractivity contribution in [1.82, 2.24) is 5.32 Å². The molecule has 3 rings (SSSR count). The number of hydrogen-bond donors (Lipinski definition) is 3. The maximum absolute atomic E-state index is 12.7. The van der Waals surface area contributed by atoms with E-state index in [4.69, 9.17) is 5.11 Å². The zero-order valence-electron chi connectivity index (χ0n) is 14.9. The SMILES string of the molecule is O=C(O)CCNC(=O)c1ccc(NC(=O)C2CCCc3ccccc32)cc1. The summed E-state index contributed by atoms with van der Waals surface area (Å²) in [7, 11) is 0. The molecule has 3 N–H and O–H groups in total. The number of anilines is 1. The number of amides is 2. The molecule has 1 unspecified atom stereocenters. The number of carboxylic acids is 1. The summed E-state index contributed by atoms with van der Waals surface area (Å²) in [5.41, 5.74) is 3.37. The average Bonchev–Trinajstić information content (AvgIpc) is 2.67. The van der Waals surface area contributed by atoms with Crippen molar-refractivity contribution in [2.24, 2.45) is 0 Å². The molecule has 2 amide bonds. The molecule has 0 spiro atoms. The molecule has 0 heterocycles. The standard InChI is InChI=1S/C21H22N2O4/c24-19(25)12-13-22-20(26)15-8-10-16(11-9-15)23-21(27)18-7-3-5-14-4-1-2-6-17(14)18/h1-2,4,6,8-11,18H,3,5,7,12-13H2,(H,22,26)(H,23,27)(H,24,25). The molecule has 0 bridgehead atoms. The predicted molar refractivity (Wildman–Crippen MR) is 102 cm³/mol. The van der Waals surface area contributed by atoms with Crippen molar-refractivity contribution in [2.75, 3.05) is 11.9 Å². The van der Waals surface area contributed by atoms with Gasteiger partial charge in [0, 0.05) is 17.8 Å². The highest BCUT2D eigenvalue weighted by Crippen LogP contribution is 2.32. The number of aryl methyl sites for hydroxylation is 1. The van der Waals surface area contributed by atoms with Gasteiger partial charge in [-0.05, 0) is 54.7 Å². The Morgan fingerprint density at radius 1 is 1.04 bits per heavy atom. The van der Waals surface area contributed by atoms with Crippen molar-refractivity contribution in [3.8, 4) is 0 Å². The molecule has 0 aromatic heterocycles. The molecule has 1 aliphatic rings. The Labute approximate surface area is 157 Å². The Hall–Kier alpha value is -3.15. The first kappa shape index (κ1) is 18.6. The molecule has 2 aromatic carbocycles. The molecule has 0 aliphatic heterocycles. The van der Waals surface area contributed by atoms with E-state index in [1.807, 2.05) is 18.2 Å². The fourth-order valence-electron chi connectivity index (χ4n) is 3.35. The van der Waals surface area contributed by atoms with Crippen LogP contribution >= 0.6 is 0 Å². The highest BCUT2D eigenvalue weighted by atomic mass is 16.4. The van der Waals surface area contributed by atoms with Gasteiger partial charge in [0.15, 0.2) is 0 Å². The van der Waals surface area contributed by atoms with Gasteiger partial charge in [-0.15, -0.1) is 0 Å². The molecule has 140 valence electrons. The molecule has 0 radical (unpaired) electrons. The number of benzene rings is 2. The second-order valence-electron chi connectivity index (χ2n) is 6.61. The Morgan fingerprint density at radius 2 is 1.78 bits per heavy atom. The highest BCUT2D eigenvalue weighted by Gasteiger charge is 2.26. The zero-order chi connectivity index (χ0) is 19.2. The second-order valence-corrected chi connectivity index (χ2v) is 6.61. The normalized spacial score (nSPS) is 15.5. The molecule has 0 saturated carbocycles. The zero-order valence-corrected chi connectivity index (χ0v) is 14.9. The van der Waals surface area contributed by atoms with Crippen LogP contribution in [0.2, 0.25) is 0 Å². The van der Waals surface area contributed by atoms with Crippen molar-refractivity contribution in [3.63, 3.8) is 0 Å². The number of carbonyl (C=O) groups is 3. The summed E-state index contributed by atoms with van der Waals surface area (Å²) < 4.78 is 0. The van der Waals surface area contributed by atoms with E-state index < -0.39 is 5.97 Å². The van der Waals surface area contributed by atoms with E-state index in [1.165, 1.54) is 5.56 Å². The summed E-state index contributed by atoms with van der Waals surface area (Å²) in [5, 5.41) is 14.1. The third kappa shape index (κ3) is 4.73. The third-order valence-electron chi connectivity index (χ3n) is 4.72. The van der Waals surface area contributed by atoms with Crippen molar-refractivity contribution in [1.29, 1.82) is 0 Å². The van der Waals surface area contributed by atoms with E-state index >= 15 is 0 Å². The molecular weight excluding hydrogens is 344 g/mol. The van der Waals surface area contributed by atoms with E-state index in [1.54, 1.807) is 24.3 Å². The van der Waals surface area contributed by atoms with Gasteiger partial charge >= 0.3 is 5.97 Å². The Kier molecular flexibility index (Phi) is 5.86. The number of carboxylic acid groups (broad SMARTS) is 1. The summed E-state index contributed by atoms with van der Waals surface area (Å²) in [6, 6.07) is 14.6. The van der Waals surface area contributed by atoms with Gasteiger partial charge in [-0.25, -0.2) is 0 Å². The van der Waals surface area contributed by atoms with Gasteiger partial charge in [0.05, 0.1) is 12.3 Å². The minimum Gasteiger partial charge on any atom is -0.481 e. The van der Waals surface area contributed by atoms with Crippen molar-refractivity contribution < 1.29 is 19.5 Å². The van der Waals surface area contributed by atoms with Crippen LogP contribution < -0.4 is 10.6 Å². The predicted octanol–water partition coefficient (Wildman–Crippen LogP) is 2.95. The van der Waals surface area contributed by atoms with E-state index in [-0.39, 0.29) is 30.7 Å². The quantitative estimate of drug-likeness (QED) is 0.732. The van der Waals surface area contributed by atoms with Gasteiger partial charge < -0.3 is 15.7 Å².